The Kier molecular flexibility index (Phi) is 5.94. The van der Waals surface area contributed by atoms with Gasteiger partial charge in [-0.2, -0.15) is 9.78 Å². The molecule has 3 aromatic rings. The molecule has 3 rings (SSSR count). The number of halogens is 1. The number of hydrogen-bond donors (Lipinski definition) is 1. The fourth-order valence-electron chi connectivity index (χ4n) is 2.58. The van der Waals surface area contributed by atoms with Crippen LogP contribution in [0.3, 0.4) is 0 Å². The highest BCUT2D eigenvalue weighted by atomic mass is 35.5. The number of aromatic nitrogens is 5. The number of carbonyl (C=O) groups is 1. The molecule has 152 valence electrons. The van der Waals surface area contributed by atoms with E-state index in [1.165, 1.54) is 29.2 Å². The van der Waals surface area contributed by atoms with Crippen molar-refractivity contribution in [3.63, 3.8) is 0 Å². The Hall–Kier alpha value is -2.85. The average molecular weight is 435 g/mol. The molecule has 2 aromatic heterocycles. The van der Waals surface area contributed by atoms with Crippen LogP contribution in [0.1, 0.15) is 43.0 Å². The van der Waals surface area contributed by atoms with Crippen molar-refractivity contribution >= 4 is 27.3 Å². The number of benzene rings is 1. The highest BCUT2D eigenvalue weighted by molar-refractivity contribution is 7.92. The minimum Gasteiger partial charge on any atom is -0.342 e. The summed E-state index contributed by atoms with van der Waals surface area (Å²) < 4.78 is 26.3. The molecule has 29 heavy (non-hydrogen) atoms. The van der Waals surface area contributed by atoms with Crippen LogP contribution in [0.15, 0.2) is 47.9 Å². The second kappa shape index (κ2) is 8.26. The van der Waals surface area contributed by atoms with Gasteiger partial charge in [-0.05, 0) is 45.0 Å². The molecule has 0 aliphatic rings. The minimum absolute atomic E-state index is 0.00124. The second-order valence-corrected chi connectivity index (χ2v) is 9.48. The Morgan fingerprint density at radius 1 is 1.10 bits per heavy atom. The third-order valence-corrected chi connectivity index (χ3v) is 6.49. The van der Waals surface area contributed by atoms with Crippen molar-refractivity contribution in [1.29, 1.82) is 0 Å². The summed E-state index contributed by atoms with van der Waals surface area (Å²) in [6.07, 6.45) is 4.47. The normalized spacial score (nSPS) is 12.7. The summed E-state index contributed by atoms with van der Waals surface area (Å²) >= 11 is 6.06. The molecule has 1 N–H and O–H groups in total. The number of amides is 1. The maximum absolute atomic E-state index is 12.7. The first-order valence-electron chi connectivity index (χ1n) is 8.73. The molecule has 0 radical (unpaired) electrons. The fraction of sp³-hybridized carbons (Fsp3) is 0.278. The number of carbonyl (C=O) groups excluding carboxylic acids is 1. The van der Waals surface area contributed by atoms with Gasteiger partial charge in [0.15, 0.2) is 15.7 Å². The number of nitrogens with zero attached hydrogens (tertiary/aromatic N) is 5. The van der Waals surface area contributed by atoms with Crippen molar-refractivity contribution < 1.29 is 13.2 Å². The molecule has 1 aromatic carbocycles. The van der Waals surface area contributed by atoms with E-state index in [1.807, 2.05) is 0 Å². The SMILES string of the molecule is CC(C)S(=O)(=O)c1cc(Cl)cc(C(=O)N[C@@H](C)c2ncnn2-c2ncccn2)c1. The summed E-state index contributed by atoms with van der Waals surface area (Å²) in [7, 11) is -3.58. The van der Waals surface area contributed by atoms with E-state index in [-0.39, 0.29) is 15.5 Å². The van der Waals surface area contributed by atoms with Crippen LogP contribution in [0.5, 0.6) is 0 Å². The molecule has 0 spiro atoms. The van der Waals surface area contributed by atoms with Crippen LogP contribution in [-0.4, -0.2) is 44.3 Å². The lowest BCUT2D eigenvalue weighted by Crippen LogP contribution is -2.29. The molecule has 0 saturated heterocycles. The summed E-state index contributed by atoms with van der Waals surface area (Å²) in [6.45, 7) is 4.85. The smallest absolute Gasteiger partial charge is 0.252 e. The second-order valence-electron chi connectivity index (χ2n) is 6.54. The van der Waals surface area contributed by atoms with Gasteiger partial charge in [-0.1, -0.05) is 11.6 Å². The monoisotopic (exact) mass is 434 g/mol. The first kappa shape index (κ1) is 20.9. The van der Waals surface area contributed by atoms with E-state index in [0.717, 1.165) is 0 Å². The highest BCUT2D eigenvalue weighted by Gasteiger charge is 2.23. The van der Waals surface area contributed by atoms with Crippen LogP contribution in [0.25, 0.3) is 5.95 Å². The number of nitrogens with one attached hydrogen (secondary N) is 1. The van der Waals surface area contributed by atoms with Crippen molar-refractivity contribution in [2.45, 2.75) is 37.0 Å². The first-order chi connectivity index (χ1) is 13.7. The highest BCUT2D eigenvalue weighted by Crippen LogP contribution is 2.23. The van der Waals surface area contributed by atoms with Gasteiger partial charge in [0.2, 0.25) is 0 Å². The van der Waals surface area contributed by atoms with Crippen LogP contribution < -0.4 is 5.32 Å². The molecule has 0 aliphatic heterocycles. The molecule has 11 heteroatoms. The Balaban J connectivity index is 1.87. The lowest BCUT2D eigenvalue weighted by atomic mass is 10.2. The van der Waals surface area contributed by atoms with Gasteiger partial charge in [0.05, 0.1) is 16.2 Å². The Labute approximate surface area is 173 Å². The van der Waals surface area contributed by atoms with Crippen LogP contribution in [0.4, 0.5) is 0 Å². The van der Waals surface area contributed by atoms with Crippen LogP contribution in [0, 0.1) is 0 Å². The minimum atomic E-state index is -3.58. The molecular formula is C18H19ClN6O3S. The number of rotatable bonds is 6. The lowest BCUT2D eigenvalue weighted by Gasteiger charge is -2.15. The summed E-state index contributed by atoms with van der Waals surface area (Å²) in [6, 6.07) is 5.17. The molecule has 0 bridgehead atoms. The van der Waals surface area contributed by atoms with E-state index < -0.39 is 27.0 Å². The van der Waals surface area contributed by atoms with E-state index in [4.69, 9.17) is 11.6 Å². The summed E-state index contributed by atoms with van der Waals surface area (Å²) in [5, 5.41) is 6.39. The first-order valence-corrected chi connectivity index (χ1v) is 10.6. The third-order valence-electron chi connectivity index (χ3n) is 4.13. The van der Waals surface area contributed by atoms with E-state index in [0.29, 0.717) is 11.8 Å². The van der Waals surface area contributed by atoms with Crippen molar-refractivity contribution in [1.82, 2.24) is 30.0 Å². The van der Waals surface area contributed by atoms with E-state index in [9.17, 15) is 13.2 Å². The predicted octanol–water partition coefficient (Wildman–Crippen LogP) is 2.38. The maximum atomic E-state index is 12.7. The van der Waals surface area contributed by atoms with Crippen LogP contribution in [-0.2, 0) is 9.84 Å². The van der Waals surface area contributed by atoms with Crippen LogP contribution >= 0.6 is 11.6 Å². The summed E-state index contributed by atoms with van der Waals surface area (Å²) in [5.41, 5.74) is 0.130. The molecular weight excluding hydrogens is 416 g/mol. The fourth-order valence-corrected chi connectivity index (χ4v) is 4.00. The van der Waals surface area contributed by atoms with Gasteiger partial charge < -0.3 is 5.32 Å². The topological polar surface area (TPSA) is 120 Å². The van der Waals surface area contributed by atoms with Gasteiger partial charge in [0.1, 0.15) is 6.33 Å². The predicted molar refractivity (Wildman–Crippen MR) is 107 cm³/mol. The average Bonchev–Trinajstić information content (AvgIpc) is 3.18. The Bertz CT molecular complexity index is 1130. The third kappa shape index (κ3) is 4.43. The molecule has 2 heterocycles. The van der Waals surface area contributed by atoms with Crippen molar-refractivity contribution in [3.8, 4) is 5.95 Å². The van der Waals surface area contributed by atoms with Gasteiger partial charge in [0.25, 0.3) is 11.9 Å². The van der Waals surface area contributed by atoms with Crippen molar-refractivity contribution in [2.75, 3.05) is 0 Å². The molecule has 0 saturated carbocycles. The van der Waals surface area contributed by atoms with Gasteiger partial charge in [-0.25, -0.2) is 23.4 Å². The van der Waals surface area contributed by atoms with Gasteiger partial charge in [-0.15, -0.1) is 0 Å². The Morgan fingerprint density at radius 3 is 2.45 bits per heavy atom. The summed E-state index contributed by atoms with van der Waals surface area (Å²) in [5.74, 6) is 0.236. The molecule has 9 nitrogen and oxygen atoms in total. The molecule has 1 amide bonds. The zero-order valence-electron chi connectivity index (χ0n) is 15.9. The summed E-state index contributed by atoms with van der Waals surface area (Å²) in [4.78, 5) is 25.2. The quantitative estimate of drug-likeness (QED) is 0.632. The van der Waals surface area contributed by atoms with Crippen LogP contribution in [0.2, 0.25) is 5.02 Å². The number of hydrogen-bond acceptors (Lipinski definition) is 7. The van der Waals surface area contributed by atoms with E-state index >= 15 is 0 Å². The van der Waals surface area contributed by atoms with Gasteiger partial charge >= 0.3 is 0 Å². The molecule has 0 unspecified atom stereocenters. The zero-order valence-corrected chi connectivity index (χ0v) is 17.5. The van der Waals surface area contributed by atoms with E-state index in [1.54, 1.807) is 39.2 Å². The lowest BCUT2D eigenvalue weighted by molar-refractivity contribution is 0.0937. The van der Waals surface area contributed by atoms with Crippen molar-refractivity contribution in [2.24, 2.45) is 0 Å². The maximum Gasteiger partial charge on any atom is 0.252 e. The molecule has 1 atom stereocenters. The zero-order chi connectivity index (χ0) is 21.2. The number of sulfone groups is 1. The van der Waals surface area contributed by atoms with Gasteiger partial charge in [0, 0.05) is 23.0 Å². The van der Waals surface area contributed by atoms with Gasteiger partial charge in [-0.3, -0.25) is 4.79 Å². The molecule has 0 fully saturated rings. The largest absolute Gasteiger partial charge is 0.342 e. The molecule has 0 aliphatic carbocycles. The Morgan fingerprint density at radius 2 is 1.79 bits per heavy atom. The van der Waals surface area contributed by atoms with Crippen molar-refractivity contribution in [3.05, 3.63) is 59.4 Å². The van der Waals surface area contributed by atoms with E-state index in [2.05, 4.69) is 25.4 Å². The standard InChI is InChI=1S/C18H19ClN6O3S/c1-11(2)29(27,28)15-8-13(7-14(19)9-15)17(26)24-12(3)16-22-10-23-25(16)18-20-5-4-6-21-18/h4-12H,1-3H3,(H,24,26)/t12-/m0/s1.